The molecule has 0 saturated carbocycles. The summed E-state index contributed by atoms with van der Waals surface area (Å²) in [6.07, 6.45) is 0. The van der Waals surface area contributed by atoms with Crippen LogP contribution < -0.4 is 11.1 Å². The minimum Gasteiger partial charge on any atom is -0.316 e. The van der Waals surface area contributed by atoms with Crippen molar-refractivity contribution in [3.8, 4) is 0 Å². The number of nitrogens with zero attached hydrogens (tertiary/aromatic N) is 1. The zero-order valence-corrected chi connectivity index (χ0v) is 9.51. The van der Waals surface area contributed by atoms with E-state index in [0.29, 0.717) is 5.56 Å². The lowest BCUT2D eigenvalue weighted by Gasteiger charge is -2.11. The molecule has 2 aromatic rings. The van der Waals surface area contributed by atoms with Crippen LogP contribution in [0.5, 0.6) is 0 Å². The average Bonchev–Trinajstić information content (AvgIpc) is 2.39. The topological polar surface area (TPSA) is 68.0 Å². The fraction of sp³-hybridized carbons (Fsp3) is 0.0769. The van der Waals surface area contributed by atoms with Crippen LogP contribution in [0.2, 0.25) is 0 Å². The summed E-state index contributed by atoms with van der Waals surface area (Å²) in [5.74, 6) is -0.938. The number of aromatic nitrogens is 1. The molecule has 1 aromatic carbocycles. The SMILES string of the molecule is NC(C(=O)Nc1cccc(F)n1)c1ccccc1. The van der Waals surface area contributed by atoms with Gasteiger partial charge in [-0.2, -0.15) is 4.39 Å². The van der Waals surface area contributed by atoms with Crippen LogP contribution in [-0.4, -0.2) is 10.9 Å². The average molecular weight is 245 g/mol. The van der Waals surface area contributed by atoms with E-state index in [1.807, 2.05) is 6.07 Å². The zero-order chi connectivity index (χ0) is 13.0. The second kappa shape index (κ2) is 5.37. The summed E-state index contributed by atoms with van der Waals surface area (Å²) in [6, 6.07) is 12.3. The lowest BCUT2D eigenvalue weighted by molar-refractivity contribution is -0.117. The molecular weight excluding hydrogens is 233 g/mol. The number of anilines is 1. The molecule has 1 unspecified atom stereocenters. The van der Waals surface area contributed by atoms with Crippen LogP contribution in [0.1, 0.15) is 11.6 Å². The van der Waals surface area contributed by atoms with Gasteiger partial charge in [-0.1, -0.05) is 36.4 Å². The molecule has 0 saturated heterocycles. The van der Waals surface area contributed by atoms with Crippen molar-refractivity contribution in [2.75, 3.05) is 5.32 Å². The van der Waals surface area contributed by atoms with Crippen molar-refractivity contribution >= 4 is 11.7 Å². The molecule has 4 nitrogen and oxygen atoms in total. The largest absolute Gasteiger partial charge is 0.316 e. The molecule has 18 heavy (non-hydrogen) atoms. The molecule has 0 bridgehead atoms. The molecule has 0 aliphatic heterocycles. The summed E-state index contributed by atoms with van der Waals surface area (Å²) in [4.78, 5) is 15.4. The van der Waals surface area contributed by atoms with Gasteiger partial charge in [0, 0.05) is 0 Å². The van der Waals surface area contributed by atoms with E-state index in [2.05, 4.69) is 10.3 Å². The van der Waals surface area contributed by atoms with Gasteiger partial charge < -0.3 is 11.1 Å². The summed E-state index contributed by atoms with van der Waals surface area (Å²) in [6.45, 7) is 0. The first kappa shape index (κ1) is 12.2. The molecule has 1 amide bonds. The van der Waals surface area contributed by atoms with Crippen molar-refractivity contribution in [1.29, 1.82) is 0 Å². The molecule has 0 radical (unpaired) electrons. The maximum Gasteiger partial charge on any atom is 0.247 e. The van der Waals surface area contributed by atoms with Gasteiger partial charge in [0.25, 0.3) is 0 Å². The maximum absolute atomic E-state index is 12.8. The zero-order valence-electron chi connectivity index (χ0n) is 9.51. The summed E-state index contributed by atoms with van der Waals surface area (Å²) in [5.41, 5.74) is 6.48. The smallest absolute Gasteiger partial charge is 0.247 e. The lowest BCUT2D eigenvalue weighted by atomic mass is 10.1. The van der Waals surface area contributed by atoms with E-state index in [9.17, 15) is 9.18 Å². The highest BCUT2D eigenvalue weighted by Crippen LogP contribution is 2.12. The number of halogens is 1. The number of carbonyl (C=O) groups is 1. The number of carbonyl (C=O) groups excluding carboxylic acids is 1. The highest BCUT2D eigenvalue weighted by Gasteiger charge is 2.15. The third-order valence-electron chi connectivity index (χ3n) is 2.41. The number of hydrogen-bond donors (Lipinski definition) is 2. The molecule has 0 spiro atoms. The molecule has 3 N–H and O–H groups in total. The molecule has 92 valence electrons. The van der Waals surface area contributed by atoms with E-state index in [0.717, 1.165) is 0 Å². The Morgan fingerprint density at radius 2 is 1.89 bits per heavy atom. The van der Waals surface area contributed by atoms with Gasteiger partial charge in [0.05, 0.1) is 0 Å². The van der Waals surface area contributed by atoms with Crippen molar-refractivity contribution in [2.24, 2.45) is 5.73 Å². The van der Waals surface area contributed by atoms with E-state index in [-0.39, 0.29) is 5.82 Å². The standard InChI is InChI=1S/C13H12FN3O/c14-10-7-4-8-11(16-10)17-13(18)12(15)9-5-2-1-3-6-9/h1-8,12H,15H2,(H,16,17,18). The number of rotatable bonds is 3. The van der Waals surface area contributed by atoms with Crippen molar-refractivity contribution in [1.82, 2.24) is 4.98 Å². The third-order valence-corrected chi connectivity index (χ3v) is 2.41. The molecule has 5 heteroatoms. The number of benzene rings is 1. The van der Waals surface area contributed by atoms with E-state index in [1.165, 1.54) is 18.2 Å². The first-order valence-electron chi connectivity index (χ1n) is 5.41. The number of nitrogens with one attached hydrogen (secondary N) is 1. The summed E-state index contributed by atoms with van der Waals surface area (Å²) < 4.78 is 12.8. The molecule has 1 aromatic heterocycles. The number of amides is 1. The Morgan fingerprint density at radius 3 is 2.56 bits per heavy atom. The van der Waals surface area contributed by atoms with Gasteiger partial charge in [0.1, 0.15) is 11.9 Å². The first-order chi connectivity index (χ1) is 8.66. The highest BCUT2D eigenvalue weighted by atomic mass is 19.1. The molecule has 0 aliphatic rings. The van der Waals surface area contributed by atoms with Crippen LogP contribution in [0.25, 0.3) is 0 Å². The summed E-state index contributed by atoms with van der Waals surface area (Å²) >= 11 is 0. The molecule has 2 rings (SSSR count). The molecule has 0 aliphatic carbocycles. The normalized spacial score (nSPS) is 11.9. The Balaban J connectivity index is 2.09. The third kappa shape index (κ3) is 2.89. The fourth-order valence-corrected chi connectivity index (χ4v) is 1.49. The van der Waals surface area contributed by atoms with E-state index in [1.54, 1.807) is 24.3 Å². The van der Waals surface area contributed by atoms with Gasteiger partial charge in [-0.15, -0.1) is 0 Å². The van der Waals surface area contributed by atoms with Crippen LogP contribution >= 0.6 is 0 Å². The second-order valence-electron chi connectivity index (χ2n) is 3.72. The van der Waals surface area contributed by atoms with Gasteiger partial charge >= 0.3 is 0 Å². The first-order valence-corrected chi connectivity index (χ1v) is 5.41. The predicted octanol–water partition coefficient (Wildman–Crippen LogP) is 1.86. The van der Waals surface area contributed by atoms with Gasteiger partial charge in [0.2, 0.25) is 11.9 Å². The fourth-order valence-electron chi connectivity index (χ4n) is 1.49. The van der Waals surface area contributed by atoms with E-state index < -0.39 is 17.9 Å². The number of pyridine rings is 1. The number of nitrogens with two attached hydrogens (primary N) is 1. The Hall–Kier alpha value is -2.27. The second-order valence-corrected chi connectivity index (χ2v) is 3.72. The molecule has 1 atom stereocenters. The molecule has 1 heterocycles. The number of hydrogen-bond acceptors (Lipinski definition) is 3. The van der Waals surface area contributed by atoms with Gasteiger partial charge in [-0.05, 0) is 17.7 Å². The van der Waals surface area contributed by atoms with Crippen LogP contribution in [0.4, 0.5) is 10.2 Å². The van der Waals surface area contributed by atoms with Gasteiger partial charge in [0.15, 0.2) is 0 Å². The van der Waals surface area contributed by atoms with Gasteiger partial charge in [-0.25, -0.2) is 4.98 Å². The van der Waals surface area contributed by atoms with E-state index in [4.69, 9.17) is 5.73 Å². The Labute approximate surface area is 104 Å². The van der Waals surface area contributed by atoms with Crippen LogP contribution in [0, 0.1) is 5.95 Å². The monoisotopic (exact) mass is 245 g/mol. The Morgan fingerprint density at radius 1 is 1.17 bits per heavy atom. The van der Waals surface area contributed by atoms with Crippen LogP contribution in [-0.2, 0) is 4.79 Å². The van der Waals surface area contributed by atoms with E-state index >= 15 is 0 Å². The van der Waals surface area contributed by atoms with Crippen molar-refractivity contribution in [3.63, 3.8) is 0 Å². The van der Waals surface area contributed by atoms with Crippen molar-refractivity contribution in [3.05, 3.63) is 60.0 Å². The maximum atomic E-state index is 12.8. The van der Waals surface area contributed by atoms with Gasteiger partial charge in [-0.3, -0.25) is 4.79 Å². The highest BCUT2D eigenvalue weighted by molar-refractivity contribution is 5.94. The molecule has 0 fully saturated rings. The lowest BCUT2D eigenvalue weighted by Crippen LogP contribution is -2.28. The van der Waals surface area contributed by atoms with Crippen LogP contribution in [0.3, 0.4) is 0 Å². The minimum atomic E-state index is -0.809. The van der Waals surface area contributed by atoms with Crippen molar-refractivity contribution < 1.29 is 9.18 Å². The minimum absolute atomic E-state index is 0.145. The van der Waals surface area contributed by atoms with Crippen LogP contribution in [0.15, 0.2) is 48.5 Å². The predicted molar refractivity (Wildman–Crippen MR) is 66.2 cm³/mol. The Bertz CT molecular complexity index is 545. The quantitative estimate of drug-likeness (QED) is 0.811. The van der Waals surface area contributed by atoms with Crippen molar-refractivity contribution in [2.45, 2.75) is 6.04 Å². The summed E-state index contributed by atoms with van der Waals surface area (Å²) in [7, 11) is 0. The molecular formula is C13H12FN3O. The Kier molecular flexibility index (Phi) is 3.64. The summed E-state index contributed by atoms with van der Waals surface area (Å²) in [5, 5.41) is 2.47.